The highest BCUT2D eigenvalue weighted by Crippen LogP contribution is 2.14. The fraction of sp³-hybridized carbons (Fsp3) is 0.455. The quantitative estimate of drug-likeness (QED) is 0.732. The molecule has 0 aromatic carbocycles. The number of aryl methyl sites for hydroxylation is 1. The fourth-order valence-corrected chi connectivity index (χ4v) is 1.66. The van der Waals surface area contributed by atoms with E-state index in [0.29, 0.717) is 12.4 Å². The van der Waals surface area contributed by atoms with Crippen LogP contribution in [0.3, 0.4) is 0 Å². The molecule has 96 valence electrons. The normalized spacial score (nSPS) is 10.6. The first-order valence-corrected chi connectivity index (χ1v) is 5.66. The summed E-state index contributed by atoms with van der Waals surface area (Å²) >= 11 is 0. The lowest BCUT2D eigenvalue weighted by Gasteiger charge is -2.18. The van der Waals surface area contributed by atoms with E-state index in [2.05, 4.69) is 15.1 Å². The molecule has 0 aliphatic heterocycles. The Labute approximate surface area is 104 Å². The van der Waals surface area contributed by atoms with Gasteiger partial charge in [0.05, 0.1) is 6.61 Å². The number of carbonyl (C=O) groups is 1. The molecule has 2 aromatic rings. The second kappa shape index (κ2) is 4.99. The number of ether oxygens (including phenoxy) is 1. The summed E-state index contributed by atoms with van der Waals surface area (Å²) in [6.07, 6.45) is 1.43. The third-order valence-electron chi connectivity index (χ3n) is 2.42. The van der Waals surface area contributed by atoms with Crippen molar-refractivity contribution in [2.24, 2.45) is 0 Å². The van der Waals surface area contributed by atoms with E-state index in [1.165, 1.54) is 6.33 Å². The van der Waals surface area contributed by atoms with Crippen LogP contribution in [0.5, 0.6) is 0 Å². The molecule has 0 unspecified atom stereocenters. The predicted octanol–water partition coefficient (Wildman–Crippen LogP) is 0.432. The van der Waals surface area contributed by atoms with Gasteiger partial charge in [-0.25, -0.2) is 4.98 Å². The molecule has 0 aliphatic rings. The molecule has 0 atom stereocenters. The minimum absolute atomic E-state index is 0.159. The Bertz CT molecular complexity index is 566. The maximum Gasteiger partial charge on any atom is 0.325 e. The Morgan fingerprint density at radius 1 is 1.56 bits per heavy atom. The number of nitrogens with zero attached hydrogens (tertiary/aromatic N) is 5. The molecule has 18 heavy (non-hydrogen) atoms. The van der Waals surface area contributed by atoms with Crippen molar-refractivity contribution in [3.05, 3.63) is 18.1 Å². The van der Waals surface area contributed by atoms with Gasteiger partial charge < -0.3 is 9.64 Å². The molecular formula is C11H15N5O2. The summed E-state index contributed by atoms with van der Waals surface area (Å²) in [5.41, 5.74) is 0.821. The number of hydrogen-bond acceptors (Lipinski definition) is 6. The molecule has 0 N–H and O–H groups in total. The second-order valence-electron chi connectivity index (χ2n) is 3.89. The Morgan fingerprint density at radius 2 is 2.33 bits per heavy atom. The highest BCUT2D eigenvalue weighted by atomic mass is 16.5. The Balaban J connectivity index is 2.29. The number of rotatable bonds is 4. The predicted molar refractivity (Wildman–Crippen MR) is 65.4 cm³/mol. The smallest absolute Gasteiger partial charge is 0.325 e. The minimum atomic E-state index is -0.275. The van der Waals surface area contributed by atoms with Crippen LogP contribution < -0.4 is 4.90 Å². The molecule has 0 saturated heterocycles. The van der Waals surface area contributed by atoms with E-state index in [0.717, 1.165) is 11.5 Å². The molecular weight excluding hydrogens is 234 g/mol. The van der Waals surface area contributed by atoms with Crippen molar-refractivity contribution in [1.29, 1.82) is 0 Å². The van der Waals surface area contributed by atoms with Gasteiger partial charge in [0.1, 0.15) is 18.7 Å². The number of aromatic nitrogens is 4. The highest BCUT2D eigenvalue weighted by Gasteiger charge is 2.13. The van der Waals surface area contributed by atoms with Gasteiger partial charge in [0.25, 0.3) is 5.78 Å². The molecule has 2 rings (SSSR count). The molecule has 0 saturated carbocycles. The summed E-state index contributed by atoms with van der Waals surface area (Å²) < 4.78 is 6.51. The monoisotopic (exact) mass is 249 g/mol. The third kappa shape index (κ3) is 2.39. The number of anilines is 1. The van der Waals surface area contributed by atoms with Crippen molar-refractivity contribution in [2.75, 3.05) is 25.1 Å². The Morgan fingerprint density at radius 3 is 3.06 bits per heavy atom. The lowest BCUT2D eigenvalue weighted by atomic mass is 10.4. The fourth-order valence-electron chi connectivity index (χ4n) is 1.66. The number of esters is 1. The number of fused-ring (bicyclic) bond motifs is 1. The summed E-state index contributed by atoms with van der Waals surface area (Å²) in [5, 5.41) is 4.08. The lowest BCUT2D eigenvalue weighted by molar-refractivity contribution is -0.141. The number of likely N-dealkylation sites (N-methyl/N-ethyl adjacent to an activating group) is 1. The van der Waals surface area contributed by atoms with E-state index >= 15 is 0 Å². The molecule has 2 heterocycles. The average Bonchev–Trinajstić information content (AvgIpc) is 2.75. The summed E-state index contributed by atoms with van der Waals surface area (Å²) in [6, 6.07) is 1.85. The first-order valence-electron chi connectivity index (χ1n) is 5.66. The number of hydrogen-bond donors (Lipinski definition) is 0. The third-order valence-corrected chi connectivity index (χ3v) is 2.42. The Kier molecular flexibility index (Phi) is 3.40. The molecule has 0 spiro atoms. The van der Waals surface area contributed by atoms with Crippen LogP contribution in [0.4, 0.5) is 5.82 Å². The van der Waals surface area contributed by atoms with Gasteiger partial charge in [-0.2, -0.15) is 14.6 Å². The van der Waals surface area contributed by atoms with E-state index in [1.54, 1.807) is 23.4 Å². The van der Waals surface area contributed by atoms with Crippen LogP contribution >= 0.6 is 0 Å². The van der Waals surface area contributed by atoms with Crippen molar-refractivity contribution in [3.8, 4) is 0 Å². The van der Waals surface area contributed by atoms with Crippen LogP contribution in [-0.4, -0.2) is 45.8 Å². The zero-order valence-corrected chi connectivity index (χ0v) is 10.6. The zero-order valence-electron chi connectivity index (χ0n) is 10.6. The SMILES string of the molecule is CCOC(=O)CN(C)c1cc(C)nc2ncnn12. The maximum atomic E-state index is 11.5. The first kappa shape index (κ1) is 12.3. The van der Waals surface area contributed by atoms with Crippen molar-refractivity contribution in [1.82, 2.24) is 19.6 Å². The van der Waals surface area contributed by atoms with Gasteiger partial charge in [-0.05, 0) is 13.8 Å². The summed E-state index contributed by atoms with van der Waals surface area (Å²) in [6.45, 7) is 4.19. The van der Waals surface area contributed by atoms with Gasteiger partial charge in [-0.1, -0.05) is 0 Å². The summed E-state index contributed by atoms with van der Waals surface area (Å²) in [5.74, 6) is 0.992. The molecule has 2 aromatic heterocycles. The van der Waals surface area contributed by atoms with Gasteiger partial charge in [-0.3, -0.25) is 4.79 Å². The van der Waals surface area contributed by atoms with E-state index in [9.17, 15) is 4.79 Å². The van der Waals surface area contributed by atoms with Crippen molar-refractivity contribution >= 4 is 17.6 Å². The van der Waals surface area contributed by atoms with Crippen LogP contribution in [0.1, 0.15) is 12.6 Å². The van der Waals surface area contributed by atoms with Crippen LogP contribution in [0, 0.1) is 6.92 Å². The topological polar surface area (TPSA) is 72.6 Å². The van der Waals surface area contributed by atoms with Crippen LogP contribution in [-0.2, 0) is 9.53 Å². The van der Waals surface area contributed by atoms with E-state index in [-0.39, 0.29) is 12.5 Å². The zero-order chi connectivity index (χ0) is 13.1. The van der Waals surface area contributed by atoms with Crippen molar-refractivity contribution in [2.45, 2.75) is 13.8 Å². The average molecular weight is 249 g/mol. The summed E-state index contributed by atoms with van der Waals surface area (Å²) in [7, 11) is 1.80. The largest absolute Gasteiger partial charge is 0.465 e. The maximum absolute atomic E-state index is 11.5. The van der Waals surface area contributed by atoms with Crippen molar-refractivity contribution in [3.63, 3.8) is 0 Å². The molecule has 0 fully saturated rings. The summed E-state index contributed by atoms with van der Waals surface area (Å²) in [4.78, 5) is 21.5. The second-order valence-corrected chi connectivity index (χ2v) is 3.89. The molecule has 0 aliphatic carbocycles. The van der Waals surface area contributed by atoms with E-state index in [1.807, 2.05) is 13.0 Å². The van der Waals surface area contributed by atoms with Gasteiger partial charge >= 0.3 is 5.97 Å². The highest BCUT2D eigenvalue weighted by molar-refractivity contribution is 5.75. The molecule has 0 radical (unpaired) electrons. The van der Waals surface area contributed by atoms with E-state index in [4.69, 9.17) is 4.74 Å². The van der Waals surface area contributed by atoms with Gasteiger partial charge in [-0.15, -0.1) is 0 Å². The van der Waals surface area contributed by atoms with Gasteiger partial charge in [0, 0.05) is 18.8 Å². The van der Waals surface area contributed by atoms with Crippen LogP contribution in [0.25, 0.3) is 5.78 Å². The minimum Gasteiger partial charge on any atom is -0.465 e. The lowest BCUT2D eigenvalue weighted by Crippen LogP contribution is -2.29. The molecule has 0 bridgehead atoms. The van der Waals surface area contributed by atoms with Crippen LogP contribution in [0.2, 0.25) is 0 Å². The molecule has 7 nitrogen and oxygen atoms in total. The number of carbonyl (C=O) groups excluding carboxylic acids is 1. The van der Waals surface area contributed by atoms with Crippen molar-refractivity contribution < 1.29 is 9.53 Å². The molecule has 0 amide bonds. The van der Waals surface area contributed by atoms with Gasteiger partial charge in [0.15, 0.2) is 0 Å². The van der Waals surface area contributed by atoms with Crippen LogP contribution in [0.15, 0.2) is 12.4 Å². The Hall–Kier alpha value is -2.18. The van der Waals surface area contributed by atoms with Gasteiger partial charge in [0.2, 0.25) is 0 Å². The van der Waals surface area contributed by atoms with E-state index < -0.39 is 0 Å². The molecule has 7 heteroatoms. The standard InChI is InChI=1S/C11H15N5O2/c1-4-18-10(17)6-15(3)9-5-8(2)14-11-12-7-13-16(9)11/h5,7H,4,6H2,1-3H3. The first-order chi connectivity index (χ1) is 8.61.